The van der Waals surface area contributed by atoms with Gasteiger partial charge in [-0.05, 0) is 0 Å². The molecule has 8 heteroatoms. The van der Waals surface area contributed by atoms with Crippen molar-refractivity contribution in [3.63, 3.8) is 0 Å². The Morgan fingerprint density at radius 1 is 1.53 bits per heavy atom. The molecule has 2 rings (SSSR count). The number of anilines is 1. The summed E-state index contributed by atoms with van der Waals surface area (Å²) in [6, 6.07) is 4.56. The first kappa shape index (κ1) is 13.7. The lowest BCUT2D eigenvalue weighted by molar-refractivity contribution is -0.384. The summed E-state index contributed by atoms with van der Waals surface area (Å²) >= 11 is 7.01. The minimum absolute atomic E-state index is 0.0674. The van der Waals surface area contributed by atoms with E-state index in [9.17, 15) is 15.2 Å². The summed E-state index contributed by atoms with van der Waals surface area (Å²) in [7, 11) is 0. The van der Waals surface area contributed by atoms with Crippen molar-refractivity contribution in [3.05, 3.63) is 49.4 Å². The molecule has 0 saturated carbocycles. The highest BCUT2D eigenvalue weighted by molar-refractivity contribution is 7.15. The lowest BCUT2D eigenvalue weighted by Crippen LogP contribution is -2.05. The van der Waals surface area contributed by atoms with Gasteiger partial charge in [0.1, 0.15) is 5.69 Å². The molecule has 0 atom stereocenters. The number of thiazole rings is 1. The van der Waals surface area contributed by atoms with E-state index in [1.165, 1.54) is 17.4 Å². The fraction of sp³-hybridized carbons (Fsp3) is 0.182. The van der Waals surface area contributed by atoms with Crippen LogP contribution in [0.3, 0.4) is 0 Å². The lowest BCUT2D eigenvalue weighted by atomic mass is 10.1. The summed E-state index contributed by atoms with van der Waals surface area (Å²) < 4.78 is 0.418. The molecule has 0 bridgehead atoms. The van der Waals surface area contributed by atoms with Crippen molar-refractivity contribution in [3.8, 4) is 0 Å². The fourth-order valence-corrected chi connectivity index (χ4v) is 2.53. The first-order chi connectivity index (χ1) is 9.11. The summed E-state index contributed by atoms with van der Waals surface area (Å²) in [6.07, 6.45) is 1.60. The van der Waals surface area contributed by atoms with E-state index in [-0.39, 0.29) is 12.3 Å². The van der Waals surface area contributed by atoms with E-state index >= 15 is 0 Å². The van der Waals surface area contributed by atoms with Crippen LogP contribution in [0.5, 0.6) is 0 Å². The molecule has 6 nitrogen and oxygen atoms in total. The summed E-state index contributed by atoms with van der Waals surface area (Å²) in [5.74, 6) is 0. The number of aliphatic hydroxyl groups excluding tert-OH is 1. The van der Waals surface area contributed by atoms with Gasteiger partial charge in [0.15, 0.2) is 4.47 Å². The summed E-state index contributed by atoms with van der Waals surface area (Å²) in [4.78, 5) is 15.2. The van der Waals surface area contributed by atoms with Crippen LogP contribution >= 0.6 is 22.9 Å². The van der Waals surface area contributed by atoms with Crippen LogP contribution in [0.1, 0.15) is 10.4 Å². The van der Waals surface area contributed by atoms with Crippen molar-refractivity contribution in [2.24, 2.45) is 0 Å². The van der Waals surface area contributed by atoms with Crippen molar-refractivity contribution in [2.75, 3.05) is 5.32 Å². The van der Waals surface area contributed by atoms with Crippen molar-refractivity contribution in [1.29, 1.82) is 0 Å². The van der Waals surface area contributed by atoms with Crippen LogP contribution in [-0.2, 0) is 13.2 Å². The van der Waals surface area contributed by atoms with Gasteiger partial charge in [-0.25, -0.2) is 4.98 Å². The van der Waals surface area contributed by atoms with E-state index < -0.39 is 4.92 Å². The Labute approximate surface area is 117 Å². The van der Waals surface area contributed by atoms with Crippen LogP contribution in [0.2, 0.25) is 4.47 Å². The Morgan fingerprint density at radius 3 is 2.89 bits per heavy atom. The average Bonchev–Trinajstić information content (AvgIpc) is 2.81. The van der Waals surface area contributed by atoms with E-state index in [0.717, 1.165) is 4.88 Å². The second-order valence-electron chi connectivity index (χ2n) is 3.66. The molecule has 0 amide bonds. The smallest absolute Gasteiger partial charge is 0.292 e. The Morgan fingerprint density at radius 2 is 2.32 bits per heavy atom. The minimum Gasteiger partial charge on any atom is -0.392 e. The number of rotatable bonds is 5. The zero-order chi connectivity index (χ0) is 13.8. The van der Waals surface area contributed by atoms with Gasteiger partial charge in [-0.3, -0.25) is 10.1 Å². The zero-order valence-corrected chi connectivity index (χ0v) is 11.2. The number of nitrogens with zero attached hydrogens (tertiary/aromatic N) is 2. The topological polar surface area (TPSA) is 88.3 Å². The van der Waals surface area contributed by atoms with Crippen molar-refractivity contribution >= 4 is 34.3 Å². The Bertz CT molecular complexity index is 603. The maximum absolute atomic E-state index is 11.0. The van der Waals surface area contributed by atoms with Gasteiger partial charge in [0, 0.05) is 22.7 Å². The molecular weight excluding hydrogens is 290 g/mol. The molecule has 19 heavy (non-hydrogen) atoms. The van der Waals surface area contributed by atoms with E-state index in [1.54, 1.807) is 18.3 Å². The maximum Gasteiger partial charge on any atom is 0.292 e. The molecule has 1 aromatic heterocycles. The van der Waals surface area contributed by atoms with Crippen molar-refractivity contribution < 1.29 is 10.0 Å². The first-order valence-corrected chi connectivity index (χ1v) is 6.52. The highest BCUT2D eigenvalue weighted by Crippen LogP contribution is 2.29. The van der Waals surface area contributed by atoms with Gasteiger partial charge in [-0.15, -0.1) is 11.3 Å². The molecule has 1 heterocycles. The predicted molar refractivity (Wildman–Crippen MR) is 73.5 cm³/mol. The monoisotopic (exact) mass is 299 g/mol. The molecule has 2 aromatic rings. The van der Waals surface area contributed by atoms with Crippen LogP contribution in [0.25, 0.3) is 0 Å². The average molecular weight is 300 g/mol. The van der Waals surface area contributed by atoms with E-state index in [4.69, 9.17) is 11.6 Å². The van der Waals surface area contributed by atoms with Gasteiger partial charge in [0.25, 0.3) is 5.69 Å². The highest BCUT2D eigenvalue weighted by atomic mass is 35.5. The number of nitro groups is 1. The summed E-state index contributed by atoms with van der Waals surface area (Å²) in [6.45, 7) is 0.0930. The minimum atomic E-state index is -0.485. The van der Waals surface area contributed by atoms with E-state index in [1.807, 2.05) is 0 Å². The number of halogens is 1. The van der Waals surface area contributed by atoms with Gasteiger partial charge in [-0.1, -0.05) is 23.7 Å². The normalized spacial score (nSPS) is 10.4. The number of benzene rings is 1. The number of hydrogen-bond donors (Lipinski definition) is 2. The number of para-hydroxylation sites is 1. The zero-order valence-electron chi connectivity index (χ0n) is 9.67. The Kier molecular flexibility index (Phi) is 4.31. The molecule has 0 radical (unpaired) electrons. The SMILES string of the molecule is O=[N+]([O-])c1cccc(CO)c1NCc1cnc(Cl)s1. The fourth-order valence-electron chi connectivity index (χ4n) is 1.62. The molecule has 100 valence electrons. The third kappa shape index (κ3) is 3.19. The number of nitro benzene ring substituents is 1. The second kappa shape index (κ2) is 5.96. The highest BCUT2D eigenvalue weighted by Gasteiger charge is 2.16. The lowest BCUT2D eigenvalue weighted by Gasteiger charge is -2.09. The van der Waals surface area contributed by atoms with Gasteiger partial charge in [0.2, 0.25) is 0 Å². The van der Waals surface area contributed by atoms with Gasteiger partial charge in [0.05, 0.1) is 18.1 Å². The van der Waals surface area contributed by atoms with Crippen LogP contribution in [0, 0.1) is 10.1 Å². The third-order valence-corrected chi connectivity index (χ3v) is 3.58. The van der Waals surface area contributed by atoms with Crippen LogP contribution in [0.15, 0.2) is 24.4 Å². The van der Waals surface area contributed by atoms with Crippen LogP contribution in [-0.4, -0.2) is 15.0 Å². The molecule has 1 aromatic carbocycles. The molecular formula is C11H10ClN3O3S. The number of nitrogens with one attached hydrogen (secondary N) is 1. The van der Waals surface area contributed by atoms with Crippen LogP contribution in [0.4, 0.5) is 11.4 Å². The molecule has 0 saturated heterocycles. The van der Waals surface area contributed by atoms with E-state index in [0.29, 0.717) is 22.3 Å². The molecule has 0 fully saturated rings. The Balaban J connectivity index is 2.25. The molecule has 0 aliphatic heterocycles. The number of aliphatic hydroxyl groups is 1. The van der Waals surface area contributed by atoms with Gasteiger partial charge in [-0.2, -0.15) is 0 Å². The largest absolute Gasteiger partial charge is 0.392 e. The molecule has 0 aliphatic carbocycles. The molecule has 0 spiro atoms. The number of hydrogen-bond acceptors (Lipinski definition) is 6. The number of aromatic nitrogens is 1. The van der Waals surface area contributed by atoms with Gasteiger partial charge < -0.3 is 10.4 Å². The second-order valence-corrected chi connectivity index (χ2v) is 5.36. The van der Waals surface area contributed by atoms with E-state index in [2.05, 4.69) is 10.3 Å². The molecule has 2 N–H and O–H groups in total. The summed E-state index contributed by atoms with van der Waals surface area (Å²) in [5, 5.41) is 23.1. The predicted octanol–water partition coefficient (Wildman–Crippen LogP) is 2.81. The Hall–Kier alpha value is -1.70. The maximum atomic E-state index is 11.0. The van der Waals surface area contributed by atoms with Crippen LogP contribution < -0.4 is 5.32 Å². The van der Waals surface area contributed by atoms with Gasteiger partial charge >= 0.3 is 0 Å². The first-order valence-electron chi connectivity index (χ1n) is 5.33. The van der Waals surface area contributed by atoms with Crippen molar-refractivity contribution in [1.82, 2.24) is 4.98 Å². The summed E-state index contributed by atoms with van der Waals surface area (Å²) in [5.41, 5.74) is 0.728. The quantitative estimate of drug-likeness (QED) is 0.654. The third-order valence-electron chi connectivity index (χ3n) is 2.46. The molecule has 0 aliphatic rings. The molecule has 0 unspecified atom stereocenters. The standard InChI is InChI=1S/C11H10ClN3O3S/c12-11-14-5-8(19-11)4-13-10-7(6-16)2-1-3-9(10)15(17)18/h1-3,5,13,16H,4,6H2. The van der Waals surface area contributed by atoms with Crippen molar-refractivity contribution in [2.45, 2.75) is 13.2 Å².